The first-order valence-corrected chi connectivity index (χ1v) is 7.16. The van der Waals surface area contributed by atoms with Crippen molar-refractivity contribution in [1.82, 2.24) is 0 Å². The quantitative estimate of drug-likeness (QED) is 0.827. The molecule has 0 fully saturated rings. The number of ether oxygens (including phenoxy) is 1. The summed E-state index contributed by atoms with van der Waals surface area (Å²) in [7, 11) is 0. The molecule has 0 aliphatic heterocycles. The van der Waals surface area contributed by atoms with Crippen molar-refractivity contribution < 1.29 is 9.84 Å². The van der Waals surface area contributed by atoms with Crippen molar-refractivity contribution >= 4 is 11.3 Å². The van der Waals surface area contributed by atoms with Crippen LogP contribution in [-0.4, -0.2) is 17.8 Å². The predicted molar refractivity (Wildman–Crippen MR) is 75.2 cm³/mol. The molecule has 0 spiro atoms. The molecular weight excluding hydrogens is 244 g/mol. The van der Waals surface area contributed by atoms with Crippen LogP contribution < -0.4 is 4.74 Å². The van der Waals surface area contributed by atoms with Gasteiger partial charge in [0.2, 0.25) is 0 Å². The summed E-state index contributed by atoms with van der Waals surface area (Å²) in [5, 5.41) is 14.1. The number of hydrogen-bond donors (Lipinski definition) is 1. The summed E-state index contributed by atoms with van der Waals surface area (Å²) >= 11 is 1.70. The molecule has 2 nitrogen and oxygen atoms in total. The zero-order chi connectivity index (χ0) is 12.6. The highest BCUT2D eigenvalue weighted by molar-refractivity contribution is 7.07. The van der Waals surface area contributed by atoms with Crippen LogP contribution in [0.1, 0.15) is 18.4 Å². The molecule has 0 bridgehead atoms. The SMILES string of the molecule is OC(CCOc1ccccc1)CCc1ccsc1. The van der Waals surface area contributed by atoms with Crippen molar-refractivity contribution in [3.8, 4) is 5.75 Å². The molecule has 1 unspecified atom stereocenters. The molecule has 1 heterocycles. The molecule has 1 aromatic heterocycles. The fraction of sp³-hybridized carbons (Fsp3) is 0.333. The lowest BCUT2D eigenvalue weighted by Crippen LogP contribution is -2.12. The van der Waals surface area contributed by atoms with Crippen LogP contribution in [0.2, 0.25) is 0 Å². The average molecular weight is 262 g/mol. The van der Waals surface area contributed by atoms with Crippen molar-refractivity contribution in [2.45, 2.75) is 25.4 Å². The molecule has 2 aromatic rings. The van der Waals surface area contributed by atoms with Crippen molar-refractivity contribution in [1.29, 1.82) is 0 Å². The van der Waals surface area contributed by atoms with Gasteiger partial charge in [-0.25, -0.2) is 0 Å². The molecule has 0 saturated heterocycles. The Morgan fingerprint density at radius 1 is 1.11 bits per heavy atom. The molecule has 96 valence electrons. The Labute approximate surface area is 112 Å². The molecule has 0 saturated carbocycles. The second kappa shape index (κ2) is 7.19. The van der Waals surface area contributed by atoms with Crippen LogP contribution in [0.4, 0.5) is 0 Å². The van der Waals surface area contributed by atoms with Crippen LogP contribution >= 0.6 is 11.3 Å². The van der Waals surface area contributed by atoms with E-state index in [-0.39, 0.29) is 6.10 Å². The Morgan fingerprint density at radius 2 is 1.94 bits per heavy atom. The maximum absolute atomic E-state index is 9.85. The summed E-state index contributed by atoms with van der Waals surface area (Å²) in [6, 6.07) is 11.8. The van der Waals surface area contributed by atoms with Gasteiger partial charge in [-0.15, -0.1) is 0 Å². The molecule has 1 aromatic carbocycles. The zero-order valence-electron chi connectivity index (χ0n) is 10.3. The largest absolute Gasteiger partial charge is 0.493 e. The first-order chi connectivity index (χ1) is 8.84. The van der Waals surface area contributed by atoms with Crippen molar-refractivity contribution in [3.05, 3.63) is 52.7 Å². The molecule has 0 aliphatic carbocycles. The third-order valence-corrected chi connectivity index (χ3v) is 3.54. The summed E-state index contributed by atoms with van der Waals surface area (Å²) in [5.41, 5.74) is 1.31. The van der Waals surface area contributed by atoms with Crippen molar-refractivity contribution in [2.75, 3.05) is 6.61 Å². The number of para-hydroxylation sites is 1. The highest BCUT2D eigenvalue weighted by atomic mass is 32.1. The van der Waals surface area contributed by atoms with Gasteiger partial charge in [0.1, 0.15) is 5.75 Å². The van der Waals surface area contributed by atoms with Gasteiger partial charge in [0.25, 0.3) is 0 Å². The van der Waals surface area contributed by atoms with Crippen LogP contribution in [0.3, 0.4) is 0 Å². The van der Waals surface area contributed by atoms with Crippen LogP contribution in [-0.2, 0) is 6.42 Å². The first-order valence-electron chi connectivity index (χ1n) is 6.21. The molecule has 3 heteroatoms. The average Bonchev–Trinajstić information content (AvgIpc) is 2.91. The van der Waals surface area contributed by atoms with Gasteiger partial charge in [0.15, 0.2) is 0 Å². The van der Waals surface area contributed by atoms with Gasteiger partial charge in [-0.1, -0.05) is 18.2 Å². The maximum Gasteiger partial charge on any atom is 0.119 e. The standard InChI is InChI=1S/C15H18O2S/c16-14(7-6-13-9-11-18-12-13)8-10-17-15-4-2-1-3-5-15/h1-5,9,11-12,14,16H,6-8,10H2. The minimum atomic E-state index is -0.284. The Bertz CT molecular complexity index is 425. The molecule has 0 radical (unpaired) electrons. The summed E-state index contributed by atoms with van der Waals surface area (Å²) < 4.78 is 5.56. The molecule has 2 rings (SSSR count). The Kier molecular flexibility index (Phi) is 5.24. The molecule has 0 aliphatic rings. The van der Waals surface area contributed by atoms with Crippen molar-refractivity contribution in [2.24, 2.45) is 0 Å². The topological polar surface area (TPSA) is 29.5 Å². The van der Waals surface area contributed by atoms with Gasteiger partial charge >= 0.3 is 0 Å². The van der Waals surface area contributed by atoms with E-state index in [9.17, 15) is 5.11 Å². The number of thiophene rings is 1. The van der Waals surface area contributed by atoms with Gasteiger partial charge in [0, 0.05) is 6.42 Å². The minimum absolute atomic E-state index is 0.284. The molecule has 1 N–H and O–H groups in total. The number of hydrogen-bond acceptors (Lipinski definition) is 3. The van der Waals surface area contributed by atoms with E-state index in [4.69, 9.17) is 4.74 Å². The normalized spacial score (nSPS) is 12.3. The monoisotopic (exact) mass is 262 g/mol. The third kappa shape index (κ3) is 4.51. The van der Waals surface area contributed by atoms with E-state index in [1.165, 1.54) is 5.56 Å². The molecular formula is C15H18O2S. The Balaban J connectivity index is 1.61. The molecule has 18 heavy (non-hydrogen) atoms. The number of benzene rings is 1. The number of aryl methyl sites for hydroxylation is 1. The summed E-state index contributed by atoms with van der Waals surface area (Å²) in [6.45, 7) is 0.564. The van der Waals surface area contributed by atoms with E-state index >= 15 is 0 Å². The zero-order valence-corrected chi connectivity index (χ0v) is 11.1. The van der Waals surface area contributed by atoms with Crippen LogP contribution in [0.25, 0.3) is 0 Å². The van der Waals surface area contributed by atoms with E-state index in [1.807, 2.05) is 30.3 Å². The van der Waals surface area contributed by atoms with Gasteiger partial charge in [-0.2, -0.15) is 11.3 Å². The van der Waals surface area contributed by atoms with Gasteiger partial charge in [-0.05, 0) is 47.4 Å². The highest BCUT2D eigenvalue weighted by Gasteiger charge is 2.05. The first kappa shape index (κ1) is 13.1. The van der Waals surface area contributed by atoms with Gasteiger partial charge in [0.05, 0.1) is 12.7 Å². The van der Waals surface area contributed by atoms with Crippen molar-refractivity contribution in [3.63, 3.8) is 0 Å². The smallest absolute Gasteiger partial charge is 0.119 e. The summed E-state index contributed by atoms with van der Waals surface area (Å²) in [4.78, 5) is 0. The lowest BCUT2D eigenvalue weighted by molar-refractivity contribution is 0.131. The summed E-state index contributed by atoms with van der Waals surface area (Å²) in [6.07, 6.45) is 2.14. The Morgan fingerprint density at radius 3 is 2.67 bits per heavy atom. The van der Waals surface area contributed by atoms with Gasteiger partial charge in [-0.3, -0.25) is 0 Å². The third-order valence-electron chi connectivity index (χ3n) is 2.81. The fourth-order valence-corrected chi connectivity index (χ4v) is 2.45. The minimum Gasteiger partial charge on any atom is -0.493 e. The van der Waals surface area contributed by atoms with E-state index in [0.29, 0.717) is 13.0 Å². The second-order valence-electron chi connectivity index (χ2n) is 4.27. The maximum atomic E-state index is 9.85. The predicted octanol–water partition coefficient (Wildman–Crippen LogP) is 3.51. The van der Waals surface area contributed by atoms with E-state index in [1.54, 1.807) is 11.3 Å². The highest BCUT2D eigenvalue weighted by Crippen LogP contribution is 2.12. The molecule has 1 atom stereocenters. The van der Waals surface area contributed by atoms with E-state index < -0.39 is 0 Å². The fourth-order valence-electron chi connectivity index (χ4n) is 1.74. The lowest BCUT2D eigenvalue weighted by Gasteiger charge is -2.11. The van der Waals surface area contributed by atoms with Crippen LogP contribution in [0.15, 0.2) is 47.2 Å². The Hall–Kier alpha value is -1.32. The van der Waals surface area contributed by atoms with Gasteiger partial charge < -0.3 is 9.84 Å². The van der Waals surface area contributed by atoms with E-state index in [2.05, 4.69) is 16.8 Å². The lowest BCUT2D eigenvalue weighted by atomic mass is 10.1. The number of rotatable bonds is 7. The number of aliphatic hydroxyl groups excluding tert-OH is 1. The summed E-state index contributed by atoms with van der Waals surface area (Å²) in [5.74, 6) is 0.863. The van der Waals surface area contributed by atoms with Crippen LogP contribution in [0.5, 0.6) is 5.75 Å². The van der Waals surface area contributed by atoms with E-state index in [0.717, 1.165) is 18.6 Å². The molecule has 0 amide bonds. The second-order valence-corrected chi connectivity index (χ2v) is 5.05. The number of aliphatic hydroxyl groups is 1. The van der Waals surface area contributed by atoms with Crippen LogP contribution in [0, 0.1) is 0 Å².